The van der Waals surface area contributed by atoms with E-state index in [-0.39, 0.29) is 16.7 Å². The van der Waals surface area contributed by atoms with Crippen LogP contribution < -0.4 is 14.8 Å². The van der Waals surface area contributed by atoms with Crippen LogP contribution in [-0.2, 0) is 14.8 Å². The van der Waals surface area contributed by atoms with E-state index in [1.54, 1.807) is 25.3 Å². The molecule has 0 radical (unpaired) electrons. The van der Waals surface area contributed by atoms with Gasteiger partial charge in [0.05, 0.1) is 19.9 Å². The number of nitrogens with zero attached hydrogens (tertiary/aromatic N) is 1. The monoisotopic (exact) mass is 450 g/mol. The number of amides is 1. The molecular weight excluding hydrogens is 423 g/mol. The fraction of sp³-hybridized carbons (Fsp3) is 0.409. The zero-order valence-electron chi connectivity index (χ0n) is 17.6. The van der Waals surface area contributed by atoms with Crippen LogP contribution in [0.25, 0.3) is 0 Å². The van der Waals surface area contributed by atoms with E-state index >= 15 is 0 Å². The summed E-state index contributed by atoms with van der Waals surface area (Å²) in [4.78, 5) is 12.1. The lowest BCUT2D eigenvalue weighted by atomic mass is 9.93. The molecule has 0 spiro atoms. The first kappa shape index (κ1) is 23.0. The topological polar surface area (TPSA) is 84.9 Å². The number of rotatable bonds is 8. The van der Waals surface area contributed by atoms with Crippen LogP contribution in [0.4, 0.5) is 10.1 Å². The number of nitrogens with one attached hydrogen (secondary N) is 1. The Morgan fingerprint density at radius 2 is 1.84 bits per heavy atom. The minimum absolute atomic E-state index is 0.134. The number of carbonyl (C=O) groups excluding carboxylic acids is 1. The molecule has 3 rings (SSSR count). The number of sulfonamides is 1. The molecule has 2 aromatic carbocycles. The Hall–Kier alpha value is -2.65. The highest BCUT2D eigenvalue weighted by molar-refractivity contribution is 7.89. The third kappa shape index (κ3) is 5.54. The molecule has 2 aromatic rings. The molecule has 0 aromatic heterocycles. The summed E-state index contributed by atoms with van der Waals surface area (Å²) in [5, 5.41) is 2.85. The normalized spacial score (nSPS) is 15.5. The van der Waals surface area contributed by atoms with Gasteiger partial charge in [0.25, 0.3) is 0 Å². The number of methoxy groups -OCH3 is 2. The van der Waals surface area contributed by atoms with Gasteiger partial charge in [0.1, 0.15) is 22.2 Å². The van der Waals surface area contributed by atoms with E-state index < -0.39 is 15.8 Å². The summed E-state index contributed by atoms with van der Waals surface area (Å²) in [6.07, 6.45) is 2.23. The molecule has 0 bridgehead atoms. The molecule has 1 amide bonds. The minimum Gasteiger partial charge on any atom is -0.497 e. The summed E-state index contributed by atoms with van der Waals surface area (Å²) in [5.74, 6) is 0.502. The standard InChI is InChI=1S/C22H27FN2O5S/c1-29-17-8-9-19(20(15-17)30-2)24-22(26)10-7-16-11-13-25(14-12-16)31(27,28)21-6-4-3-5-18(21)23/h3-6,8-9,15-16H,7,10-14H2,1-2H3,(H,24,26). The second-order valence-corrected chi connectivity index (χ2v) is 9.34. The first-order chi connectivity index (χ1) is 14.8. The second kappa shape index (κ2) is 10.1. The third-order valence-corrected chi connectivity index (χ3v) is 7.42. The molecule has 7 nitrogen and oxygen atoms in total. The van der Waals surface area contributed by atoms with Gasteiger partial charge in [-0.2, -0.15) is 4.31 Å². The maximum absolute atomic E-state index is 13.9. The first-order valence-corrected chi connectivity index (χ1v) is 11.6. The van der Waals surface area contributed by atoms with Gasteiger partial charge in [-0.3, -0.25) is 4.79 Å². The Balaban J connectivity index is 1.50. The van der Waals surface area contributed by atoms with Crippen LogP contribution in [0.15, 0.2) is 47.4 Å². The summed E-state index contributed by atoms with van der Waals surface area (Å²) < 4.78 is 51.1. The molecule has 1 fully saturated rings. The molecule has 0 saturated carbocycles. The SMILES string of the molecule is COc1ccc(NC(=O)CCC2CCN(S(=O)(=O)c3ccccc3F)CC2)c(OC)c1. The predicted molar refractivity (Wildman–Crippen MR) is 115 cm³/mol. The zero-order chi connectivity index (χ0) is 22.4. The van der Waals surface area contributed by atoms with Crippen molar-refractivity contribution in [2.75, 3.05) is 32.6 Å². The van der Waals surface area contributed by atoms with Crippen LogP contribution in [0.5, 0.6) is 11.5 Å². The lowest BCUT2D eigenvalue weighted by Gasteiger charge is -2.31. The molecule has 31 heavy (non-hydrogen) atoms. The molecule has 0 atom stereocenters. The van der Waals surface area contributed by atoms with Gasteiger partial charge in [0, 0.05) is 25.6 Å². The first-order valence-electron chi connectivity index (χ1n) is 10.1. The van der Waals surface area contributed by atoms with Crippen molar-refractivity contribution in [1.29, 1.82) is 0 Å². The Morgan fingerprint density at radius 3 is 2.48 bits per heavy atom. The lowest BCUT2D eigenvalue weighted by molar-refractivity contribution is -0.116. The van der Waals surface area contributed by atoms with Gasteiger partial charge in [0.15, 0.2) is 0 Å². The average Bonchev–Trinajstić information content (AvgIpc) is 2.78. The average molecular weight is 451 g/mol. The van der Waals surface area contributed by atoms with E-state index in [0.717, 1.165) is 6.07 Å². The molecule has 1 aliphatic rings. The van der Waals surface area contributed by atoms with Crippen molar-refractivity contribution >= 4 is 21.6 Å². The van der Waals surface area contributed by atoms with Crippen LogP contribution in [0.3, 0.4) is 0 Å². The Kier molecular flexibility index (Phi) is 7.50. The molecule has 0 aliphatic carbocycles. The predicted octanol–water partition coefficient (Wildman–Crippen LogP) is 3.66. The maximum atomic E-state index is 13.9. The number of benzene rings is 2. The van der Waals surface area contributed by atoms with Gasteiger partial charge in [-0.15, -0.1) is 0 Å². The van der Waals surface area contributed by atoms with E-state index in [0.29, 0.717) is 56.0 Å². The highest BCUT2D eigenvalue weighted by Crippen LogP contribution is 2.30. The maximum Gasteiger partial charge on any atom is 0.245 e. The van der Waals surface area contributed by atoms with Gasteiger partial charge in [0.2, 0.25) is 15.9 Å². The van der Waals surface area contributed by atoms with Crippen LogP contribution in [0, 0.1) is 11.7 Å². The molecule has 1 saturated heterocycles. The van der Waals surface area contributed by atoms with E-state index in [4.69, 9.17) is 9.47 Å². The Labute approximate surface area is 182 Å². The number of hydrogen-bond donors (Lipinski definition) is 1. The van der Waals surface area contributed by atoms with E-state index in [2.05, 4.69) is 5.32 Å². The highest BCUT2D eigenvalue weighted by Gasteiger charge is 2.31. The Morgan fingerprint density at radius 1 is 1.13 bits per heavy atom. The van der Waals surface area contributed by atoms with E-state index in [1.165, 1.54) is 29.6 Å². The molecule has 1 aliphatic heterocycles. The lowest BCUT2D eigenvalue weighted by Crippen LogP contribution is -2.38. The van der Waals surface area contributed by atoms with Crippen molar-refractivity contribution in [3.05, 3.63) is 48.3 Å². The fourth-order valence-electron chi connectivity index (χ4n) is 3.68. The smallest absolute Gasteiger partial charge is 0.245 e. The fourth-order valence-corrected chi connectivity index (χ4v) is 5.22. The molecular formula is C22H27FN2O5S. The number of hydrogen-bond acceptors (Lipinski definition) is 5. The van der Waals surface area contributed by atoms with Gasteiger partial charge >= 0.3 is 0 Å². The van der Waals surface area contributed by atoms with Crippen molar-refractivity contribution in [2.45, 2.75) is 30.6 Å². The van der Waals surface area contributed by atoms with Crippen molar-refractivity contribution in [2.24, 2.45) is 5.92 Å². The van der Waals surface area contributed by atoms with Crippen LogP contribution in [-0.4, -0.2) is 45.9 Å². The van der Waals surface area contributed by atoms with Gasteiger partial charge in [-0.05, 0) is 49.4 Å². The van der Waals surface area contributed by atoms with Gasteiger partial charge in [-0.1, -0.05) is 12.1 Å². The number of ether oxygens (including phenoxy) is 2. The minimum atomic E-state index is -3.85. The molecule has 1 heterocycles. The second-order valence-electron chi connectivity index (χ2n) is 7.43. The van der Waals surface area contributed by atoms with Crippen molar-refractivity contribution in [3.8, 4) is 11.5 Å². The van der Waals surface area contributed by atoms with Crippen molar-refractivity contribution in [3.63, 3.8) is 0 Å². The van der Waals surface area contributed by atoms with Crippen LogP contribution in [0.1, 0.15) is 25.7 Å². The quantitative estimate of drug-likeness (QED) is 0.664. The van der Waals surface area contributed by atoms with Gasteiger partial charge < -0.3 is 14.8 Å². The molecule has 168 valence electrons. The van der Waals surface area contributed by atoms with Gasteiger partial charge in [-0.25, -0.2) is 12.8 Å². The Bertz CT molecular complexity index is 1020. The number of piperidine rings is 1. The van der Waals surface area contributed by atoms with Crippen molar-refractivity contribution in [1.82, 2.24) is 4.31 Å². The largest absolute Gasteiger partial charge is 0.497 e. The van der Waals surface area contributed by atoms with Crippen molar-refractivity contribution < 1.29 is 27.1 Å². The summed E-state index contributed by atoms with van der Waals surface area (Å²) >= 11 is 0. The van der Waals surface area contributed by atoms with E-state index in [1.807, 2.05) is 0 Å². The third-order valence-electron chi connectivity index (χ3n) is 5.49. The zero-order valence-corrected chi connectivity index (χ0v) is 18.5. The number of anilines is 1. The van der Waals surface area contributed by atoms with Crippen LogP contribution in [0.2, 0.25) is 0 Å². The molecule has 9 heteroatoms. The number of halogens is 1. The van der Waals surface area contributed by atoms with E-state index in [9.17, 15) is 17.6 Å². The summed E-state index contributed by atoms with van der Waals surface area (Å²) in [6, 6.07) is 10.6. The number of carbonyl (C=O) groups is 1. The summed E-state index contributed by atoms with van der Waals surface area (Å²) in [7, 11) is -0.770. The van der Waals surface area contributed by atoms with Crippen LogP contribution >= 0.6 is 0 Å². The molecule has 1 N–H and O–H groups in total. The highest BCUT2D eigenvalue weighted by atomic mass is 32.2. The summed E-state index contributed by atoms with van der Waals surface area (Å²) in [5.41, 5.74) is 0.569. The molecule has 0 unspecified atom stereocenters. The summed E-state index contributed by atoms with van der Waals surface area (Å²) in [6.45, 7) is 0.629.